The zero-order chi connectivity index (χ0) is 12.0. The second-order valence-corrected chi connectivity index (χ2v) is 4.41. The van der Waals surface area contributed by atoms with Crippen molar-refractivity contribution >= 4 is 28.8 Å². The van der Waals surface area contributed by atoms with Crippen LogP contribution in [0.15, 0.2) is 16.5 Å². The molecule has 0 fully saturated rings. The van der Waals surface area contributed by atoms with Crippen molar-refractivity contribution in [3.8, 4) is 0 Å². The lowest BCUT2D eigenvalue weighted by molar-refractivity contribution is 0.557. The molecule has 5 heteroatoms. The summed E-state index contributed by atoms with van der Waals surface area (Å²) in [5, 5.41) is 7.15. The molecule has 0 radical (unpaired) electrons. The van der Waals surface area contributed by atoms with Crippen LogP contribution in [0.25, 0.3) is 16.6 Å². The van der Waals surface area contributed by atoms with Crippen molar-refractivity contribution in [2.45, 2.75) is 26.7 Å². The van der Waals surface area contributed by atoms with Gasteiger partial charge in [0, 0.05) is 25.0 Å². The predicted molar refractivity (Wildman–Crippen MR) is 68.9 cm³/mol. The van der Waals surface area contributed by atoms with E-state index in [0.29, 0.717) is 4.64 Å². The third-order valence-corrected chi connectivity index (χ3v) is 3.28. The van der Waals surface area contributed by atoms with E-state index in [0.717, 1.165) is 41.0 Å². The highest BCUT2D eigenvalue weighted by Crippen LogP contribution is 2.25. The second kappa shape index (κ2) is 3.70. The van der Waals surface area contributed by atoms with Gasteiger partial charge in [-0.2, -0.15) is 5.10 Å². The number of hydrogen-bond acceptors (Lipinski definition) is 3. The molecule has 0 aromatic carbocycles. The molecule has 17 heavy (non-hydrogen) atoms. The normalized spacial score (nSPS) is 11.6. The smallest absolute Gasteiger partial charge is 0.153 e. The number of furan rings is 1. The van der Waals surface area contributed by atoms with Crippen LogP contribution in [-0.4, -0.2) is 14.6 Å². The van der Waals surface area contributed by atoms with Crippen LogP contribution >= 0.6 is 12.2 Å². The Morgan fingerprint density at radius 3 is 2.82 bits per heavy atom. The molecule has 0 aliphatic heterocycles. The fourth-order valence-corrected chi connectivity index (χ4v) is 2.32. The lowest BCUT2D eigenvalue weighted by atomic mass is 10.3. The highest BCUT2D eigenvalue weighted by atomic mass is 32.1. The molecule has 0 aliphatic rings. The Bertz CT molecular complexity index is 750. The molecule has 0 atom stereocenters. The molecular weight excluding hydrogens is 234 g/mol. The second-order valence-electron chi connectivity index (χ2n) is 4.00. The van der Waals surface area contributed by atoms with Crippen molar-refractivity contribution in [3.05, 3.63) is 28.4 Å². The molecule has 0 saturated carbocycles. The largest absolute Gasteiger partial charge is 0.459 e. The number of aromatic nitrogens is 3. The van der Waals surface area contributed by atoms with Gasteiger partial charge in [0.2, 0.25) is 0 Å². The summed E-state index contributed by atoms with van der Waals surface area (Å²) in [6, 6.07) is 4.05. The lowest BCUT2D eigenvalue weighted by Crippen LogP contribution is -2.01. The minimum atomic E-state index is 0.645. The molecule has 1 N–H and O–H groups in total. The summed E-state index contributed by atoms with van der Waals surface area (Å²) in [5.74, 6) is 1.96. The van der Waals surface area contributed by atoms with Crippen LogP contribution in [0, 0.1) is 4.64 Å². The summed E-state index contributed by atoms with van der Waals surface area (Å²) in [6.45, 7) is 4.15. The van der Waals surface area contributed by atoms with E-state index in [9.17, 15) is 0 Å². The number of nitrogens with zero attached hydrogens (tertiary/aromatic N) is 2. The average Bonchev–Trinajstić information content (AvgIpc) is 2.87. The molecule has 0 aliphatic carbocycles. The van der Waals surface area contributed by atoms with Crippen molar-refractivity contribution in [2.75, 3.05) is 0 Å². The van der Waals surface area contributed by atoms with Crippen molar-refractivity contribution in [1.82, 2.24) is 14.6 Å². The number of H-pyrrole nitrogens is 1. The average molecular weight is 247 g/mol. The van der Waals surface area contributed by atoms with Crippen molar-refractivity contribution < 1.29 is 4.42 Å². The Labute approximate surface area is 103 Å². The van der Waals surface area contributed by atoms with Crippen LogP contribution in [0.1, 0.15) is 25.4 Å². The monoisotopic (exact) mass is 247 g/mol. The van der Waals surface area contributed by atoms with Gasteiger partial charge in [-0.05, 0) is 0 Å². The van der Waals surface area contributed by atoms with Gasteiger partial charge in [-0.1, -0.05) is 26.1 Å². The van der Waals surface area contributed by atoms with Crippen LogP contribution < -0.4 is 0 Å². The number of hydrogen-bond donors (Lipinski definition) is 1. The summed E-state index contributed by atoms with van der Waals surface area (Å²) in [5.41, 5.74) is 2.90. The molecule has 0 spiro atoms. The number of aromatic amines is 1. The van der Waals surface area contributed by atoms with E-state index >= 15 is 0 Å². The van der Waals surface area contributed by atoms with Gasteiger partial charge < -0.3 is 4.42 Å². The standard InChI is InChI=1S/C12H13N3OS/c1-3-7-5-8-10(16-7)6-9-12(17)14-13-11(4-2)15(8)9/h5-6H,3-4H2,1-2H3,(H,14,17). The zero-order valence-electron chi connectivity index (χ0n) is 9.78. The Morgan fingerprint density at radius 1 is 1.29 bits per heavy atom. The Hall–Kier alpha value is -1.62. The van der Waals surface area contributed by atoms with Crippen LogP contribution in [0.2, 0.25) is 0 Å². The van der Waals surface area contributed by atoms with Gasteiger partial charge in [0.25, 0.3) is 0 Å². The molecule has 0 amide bonds. The molecule has 3 heterocycles. The lowest BCUT2D eigenvalue weighted by Gasteiger charge is -2.02. The minimum absolute atomic E-state index is 0.645. The molecular formula is C12H13N3OS. The van der Waals surface area contributed by atoms with Crippen LogP contribution in [-0.2, 0) is 12.8 Å². The Morgan fingerprint density at radius 2 is 2.12 bits per heavy atom. The van der Waals surface area contributed by atoms with Gasteiger partial charge in [-0.25, -0.2) is 0 Å². The van der Waals surface area contributed by atoms with E-state index in [1.165, 1.54) is 0 Å². The van der Waals surface area contributed by atoms with E-state index in [-0.39, 0.29) is 0 Å². The SMILES string of the molecule is CCc1cc2c(cc3c(=S)[nH]nc(CC)n32)o1. The maximum atomic E-state index is 5.75. The summed E-state index contributed by atoms with van der Waals surface area (Å²) in [7, 11) is 0. The topological polar surface area (TPSA) is 46.2 Å². The number of nitrogens with one attached hydrogen (secondary N) is 1. The number of fused-ring (bicyclic) bond motifs is 3. The third kappa shape index (κ3) is 1.42. The summed E-state index contributed by atoms with van der Waals surface area (Å²) in [4.78, 5) is 0. The first kappa shape index (κ1) is 10.5. The molecule has 3 aromatic heterocycles. The van der Waals surface area contributed by atoms with Gasteiger partial charge >= 0.3 is 0 Å². The fourth-order valence-electron chi connectivity index (χ4n) is 2.12. The van der Waals surface area contributed by atoms with E-state index < -0.39 is 0 Å². The molecule has 0 unspecified atom stereocenters. The van der Waals surface area contributed by atoms with E-state index in [1.54, 1.807) is 0 Å². The van der Waals surface area contributed by atoms with Gasteiger partial charge in [-0.3, -0.25) is 9.50 Å². The van der Waals surface area contributed by atoms with Crippen molar-refractivity contribution in [3.63, 3.8) is 0 Å². The maximum Gasteiger partial charge on any atom is 0.153 e. The fraction of sp³-hybridized carbons (Fsp3) is 0.333. The third-order valence-electron chi connectivity index (χ3n) is 2.98. The molecule has 3 rings (SSSR count). The first-order valence-electron chi connectivity index (χ1n) is 5.76. The van der Waals surface area contributed by atoms with Gasteiger partial charge in [0.1, 0.15) is 16.2 Å². The van der Waals surface area contributed by atoms with E-state index in [1.807, 2.05) is 6.07 Å². The molecule has 0 bridgehead atoms. The van der Waals surface area contributed by atoms with Crippen LogP contribution in [0.3, 0.4) is 0 Å². The zero-order valence-corrected chi connectivity index (χ0v) is 10.6. The minimum Gasteiger partial charge on any atom is -0.459 e. The Kier molecular flexibility index (Phi) is 2.29. The summed E-state index contributed by atoms with van der Waals surface area (Å²) in [6.07, 6.45) is 1.74. The predicted octanol–water partition coefficient (Wildman–Crippen LogP) is 3.26. The van der Waals surface area contributed by atoms with Gasteiger partial charge in [-0.15, -0.1) is 0 Å². The molecule has 0 saturated heterocycles. The van der Waals surface area contributed by atoms with Gasteiger partial charge in [0.15, 0.2) is 5.58 Å². The molecule has 4 nitrogen and oxygen atoms in total. The number of aryl methyl sites for hydroxylation is 2. The highest BCUT2D eigenvalue weighted by Gasteiger charge is 2.12. The van der Waals surface area contributed by atoms with Crippen LogP contribution in [0.5, 0.6) is 0 Å². The van der Waals surface area contributed by atoms with Crippen molar-refractivity contribution in [1.29, 1.82) is 0 Å². The van der Waals surface area contributed by atoms with E-state index in [2.05, 4.69) is 34.5 Å². The summed E-state index contributed by atoms with van der Waals surface area (Å²) >= 11 is 5.25. The maximum absolute atomic E-state index is 5.75. The molecule has 3 aromatic rings. The van der Waals surface area contributed by atoms with Crippen molar-refractivity contribution in [2.24, 2.45) is 0 Å². The highest BCUT2D eigenvalue weighted by molar-refractivity contribution is 7.71. The molecule has 88 valence electrons. The quantitative estimate of drug-likeness (QED) is 0.707. The number of rotatable bonds is 2. The van der Waals surface area contributed by atoms with Gasteiger partial charge in [0.05, 0.1) is 11.0 Å². The van der Waals surface area contributed by atoms with Crippen LogP contribution in [0.4, 0.5) is 0 Å². The first-order valence-corrected chi connectivity index (χ1v) is 6.16. The van der Waals surface area contributed by atoms with E-state index in [4.69, 9.17) is 16.6 Å². The Balaban J connectivity index is 2.51. The summed E-state index contributed by atoms with van der Waals surface area (Å²) < 4.78 is 8.47. The first-order chi connectivity index (χ1) is 8.24.